The lowest BCUT2D eigenvalue weighted by atomic mass is 9.91. The van der Waals surface area contributed by atoms with E-state index >= 15 is 0 Å². The summed E-state index contributed by atoms with van der Waals surface area (Å²) in [4.78, 5) is 2.40. The van der Waals surface area contributed by atoms with E-state index in [1.807, 2.05) is 0 Å². The molecule has 14 heavy (non-hydrogen) atoms. The second-order valence-corrected chi connectivity index (χ2v) is 5.07. The van der Waals surface area contributed by atoms with Gasteiger partial charge in [-0.25, -0.2) is 0 Å². The van der Waals surface area contributed by atoms with Crippen LogP contribution in [-0.2, 0) is 4.74 Å². The van der Waals surface area contributed by atoms with Crippen LogP contribution in [0.2, 0.25) is 0 Å². The fraction of sp³-hybridized carbons (Fsp3) is 1.00. The highest BCUT2D eigenvalue weighted by Crippen LogP contribution is 2.22. The Balaban J connectivity index is 1.83. The minimum absolute atomic E-state index is 0.327. The van der Waals surface area contributed by atoms with Crippen molar-refractivity contribution in [3.05, 3.63) is 0 Å². The largest absolute Gasteiger partial charge is 0.381 e. The molecule has 0 amide bonds. The van der Waals surface area contributed by atoms with Crippen LogP contribution in [0, 0.1) is 0 Å². The fourth-order valence-corrected chi connectivity index (χ4v) is 2.51. The van der Waals surface area contributed by atoms with E-state index < -0.39 is 0 Å². The molecule has 0 aliphatic carbocycles. The van der Waals surface area contributed by atoms with Crippen molar-refractivity contribution < 1.29 is 4.74 Å². The van der Waals surface area contributed by atoms with E-state index in [0.717, 1.165) is 26.1 Å². The summed E-state index contributed by atoms with van der Waals surface area (Å²) in [6.45, 7) is 6.63. The molecular formula is C11H22N2O. The lowest BCUT2D eigenvalue weighted by molar-refractivity contribution is 0.0410. The molecule has 2 heterocycles. The van der Waals surface area contributed by atoms with Crippen LogP contribution in [0.1, 0.15) is 26.2 Å². The number of rotatable bonds is 2. The minimum Gasteiger partial charge on any atom is -0.381 e. The maximum absolute atomic E-state index is 5.40. The zero-order chi connectivity index (χ0) is 10.0. The molecule has 1 N–H and O–H groups in total. The first-order chi connectivity index (χ1) is 6.68. The van der Waals surface area contributed by atoms with Crippen LogP contribution in [0.3, 0.4) is 0 Å². The van der Waals surface area contributed by atoms with Crippen LogP contribution in [0.5, 0.6) is 0 Å². The van der Waals surface area contributed by atoms with Crippen molar-refractivity contribution in [2.45, 2.75) is 37.8 Å². The maximum Gasteiger partial charge on any atom is 0.0483 e. The van der Waals surface area contributed by atoms with Crippen molar-refractivity contribution in [3.8, 4) is 0 Å². The number of hydrogen-bond donors (Lipinski definition) is 1. The molecule has 0 saturated carbocycles. The molecule has 2 rings (SSSR count). The van der Waals surface area contributed by atoms with E-state index in [0.29, 0.717) is 11.6 Å². The zero-order valence-electron chi connectivity index (χ0n) is 9.38. The van der Waals surface area contributed by atoms with E-state index in [-0.39, 0.29) is 0 Å². The van der Waals surface area contributed by atoms with Gasteiger partial charge in [0.05, 0.1) is 0 Å². The van der Waals surface area contributed by atoms with Gasteiger partial charge in [0.25, 0.3) is 0 Å². The summed E-state index contributed by atoms with van der Waals surface area (Å²) in [5, 5.41) is 3.80. The smallest absolute Gasteiger partial charge is 0.0483 e. The quantitative estimate of drug-likeness (QED) is 0.712. The molecule has 1 atom stereocenters. The van der Waals surface area contributed by atoms with Crippen molar-refractivity contribution in [2.24, 2.45) is 0 Å². The Morgan fingerprint density at radius 1 is 1.36 bits per heavy atom. The molecule has 2 saturated heterocycles. The summed E-state index contributed by atoms with van der Waals surface area (Å²) >= 11 is 0. The van der Waals surface area contributed by atoms with Gasteiger partial charge in [-0.05, 0) is 39.8 Å². The summed E-state index contributed by atoms with van der Waals surface area (Å²) < 4.78 is 5.40. The summed E-state index contributed by atoms with van der Waals surface area (Å²) in [6, 6.07) is 0.697. The van der Waals surface area contributed by atoms with Gasteiger partial charge in [0, 0.05) is 31.3 Å². The van der Waals surface area contributed by atoms with Crippen molar-refractivity contribution >= 4 is 0 Å². The van der Waals surface area contributed by atoms with E-state index in [1.165, 1.54) is 19.5 Å². The molecule has 3 heteroatoms. The maximum atomic E-state index is 5.40. The molecule has 3 nitrogen and oxygen atoms in total. The fourth-order valence-electron chi connectivity index (χ4n) is 2.51. The van der Waals surface area contributed by atoms with Gasteiger partial charge in [-0.2, -0.15) is 0 Å². The highest BCUT2D eigenvalue weighted by molar-refractivity contribution is 4.91. The number of hydrogen-bond acceptors (Lipinski definition) is 3. The summed E-state index contributed by atoms with van der Waals surface area (Å²) in [6.07, 6.45) is 3.62. The van der Waals surface area contributed by atoms with Crippen molar-refractivity contribution in [2.75, 3.05) is 33.4 Å². The molecule has 2 fully saturated rings. The number of likely N-dealkylation sites (tertiary alicyclic amines) is 1. The SMILES string of the molecule is CN1CCC(NC2(C)CCOCC2)C1. The van der Waals surface area contributed by atoms with Crippen molar-refractivity contribution in [1.29, 1.82) is 0 Å². The molecule has 2 aliphatic heterocycles. The molecule has 0 spiro atoms. The number of likely N-dealkylation sites (N-methyl/N-ethyl adjacent to an activating group) is 1. The monoisotopic (exact) mass is 198 g/mol. The Morgan fingerprint density at radius 3 is 2.64 bits per heavy atom. The van der Waals surface area contributed by atoms with Gasteiger partial charge >= 0.3 is 0 Å². The van der Waals surface area contributed by atoms with E-state index in [1.54, 1.807) is 0 Å². The van der Waals surface area contributed by atoms with Gasteiger partial charge in [-0.1, -0.05) is 0 Å². The molecule has 0 radical (unpaired) electrons. The molecule has 2 aliphatic rings. The minimum atomic E-state index is 0.327. The Bertz CT molecular complexity index is 190. The first-order valence-electron chi connectivity index (χ1n) is 5.72. The lowest BCUT2D eigenvalue weighted by Crippen LogP contribution is -2.52. The number of nitrogens with one attached hydrogen (secondary N) is 1. The van der Waals surface area contributed by atoms with Gasteiger partial charge in [0.2, 0.25) is 0 Å². The van der Waals surface area contributed by atoms with Crippen LogP contribution >= 0.6 is 0 Å². The third kappa shape index (κ3) is 2.47. The van der Waals surface area contributed by atoms with E-state index in [9.17, 15) is 0 Å². The third-order valence-electron chi connectivity index (χ3n) is 3.54. The normalized spacial score (nSPS) is 33.4. The van der Waals surface area contributed by atoms with Crippen LogP contribution in [0.15, 0.2) is 0 Å². The van der Waals surface area contributed by atoms with Gasteiger partial charge in [0.15, 0.2) is 0 Å². The Labute approximate surface area is 86.8 Å². The average Bonchev–Trinajstić information content (AvgIpc) is 2.51. The van der Waals surface area contributed by atoms with Gasteiger partial charge in [-0.15, -0.1) is 0 Å². The van der Waals surface area contributed by atoms with Gasteiger partial charge in [0.1, 0.15) is 0 Å². The lowest BCUT2D eigenvalue weighted by Gasteiger charge is -2.37. The molecule has 0 aromatic rings. The predicted molar refractivity (Wildman–Crippen MR) is 57.5 cm³/mol. The van der Waals surface area contributed by atoms with Gasteiger partial charge in [-0.3, -0.25) is 0 Å². The molecular weight excluding hydrogens is 176 g/mol. The van der Waals surface area contributed by atoms with Gasteiger partial charge < -0.3 is 15.0 Å². The summed E-state index contributed by atoms with van der Waals surface area (Å²) in [5.41, 5.74) is 0.327. The van der Waals surface area contributed by atoms with Crippen LogP contribution in [0.25, 0.3) is 0 Å². The standard InChI is InChI=1S/C11H22N2O/c1-11(4-7-14-8-5-11)12-10-3-6-13(2)9-10/h10,12H,3-9H2,1-2H3. The van der Waals surface area contributed by atoms with Crippen molar-refractivity contribution in [3.63, 3.8) is 0 Å². The molecule has 0 aromatic heterocycles. The predicted octanol–water partition coefficient (Wildman–Crippen LogP) is 0.849. The topological polar surface area (TPSA) is 24.5 Å². The van der Waals surface area contributed by atoms with E-state index in [4.69, 9.17) is 4.74 Å². The van der Waals surface area contributed by atoms with Crippen LogP contribution in [0.4, 0.5) is 0 Å². The van der Waals surface area contributed by atoms with Crippen molar-refractivity contribution in [1.82, 2.24) is 10.2 Å². The highest BCUT2D eigenvalue weighted by atomic mass is 16.5. The highest BCUT2D eigenvalue weighted by Gasteiger charge is 2.31. The zero-order valence-corrected chi connectivity index (χ0v) is 9.38. The summed E-state index contributed by atoms with van der Waals surface area (Å²) in [5.74, 6) is 0. The first-order valence-corrected chi connectivity index (χ1v) is 5.72. The molecule has 0 bridgehead atoms. The average molecular weight is 198 g/mol. The Kier molecular flexibility index (Phi) is 3.10. The van der Waals surface area contributed by atoms with Crippen LogP contribution < -0.4 is 5.32 Å². The molecule has 0 aromatic carbocycles. The molecule has 1 unspecified atom stereocenters. The Hall–Kier alpha value is -0.120. The third-order valence-corrected chi connectivity index (χ3v) is 3.54. The van der Waals surface area contributed by atoms with Crippen LogP contribution in [-0.4, -0.2) is 49.8 Å². The first kappa shape index (κ1) is 10.4. The second-order valence-electron chi connectivity index (χ2n) is 5.07. The number of nitrogens with zero attached hydrogens (tertiary/aromatic N) is 1. The number of ether oxygens (including phenoxy) is 1. The summed E-state index contributed by atoms with van der Waals surface area (Å²) in [7, 11) is 2.20. The Morgan fingerprint density at radius 2 is 2.07 bits per heavy atom. The molecule has 82 valence electrons. The van der Waals surface area contributed by atoms with E-state index in [2.05, 4.69) is 24.2 Å². The second kappa shape index (κ2) is 4.17.